The van der Waals surface area contributed by atoms with E-state index in [0.29, 0.717) is 40.2 Å². The van der Waals surface area contributed by atoms with Gasteiger partial charge in [-0.25, -0.2) is 0 Å². The molecule has 0 aliphatic rings. The van der Waals surface area contributed by atoms with E-state index in [0.717, 1.165) is 12.0 Å². The number of thiocarbonyl (C=S) groups is 1. The van der Waals surface area contributed by atoms with Crippen molar-refractivity contribution in [3.05, 3.63) is 130 Å². The van der Waals surface area contributed by atoms with Gasteiger partial charge in [0.1, 0.15) is 5.75 Å². The topological polar surface area (TPSA) is 70.7 Å². The lowest BCUT2D eigenvalue weighted by Gasteiger charge is -2.20. The molecule has 0 aromatic heterocycles. The zero-order chi connectivity index (χ0) is 27.6. The largest absolute Gasteiger partial charge is 0.492 e. The van der Waals surface area contributed by atoms with Crippen LogP contribution in [0.5, 0.6) is 5.75 Å². The van der Waals surface area contributed by atoms with Gasteiger partial charge in [0.2, 0.25) is 0 Å². The summed E-state index contributed by atoms with van der Waals surface area (Å²) in [7, 11) is 1.75. The van der Waals surface area contributed by atoms with Crippen LogP contribution in [0.25, 0.3) is 0 Å². The van der Waals surface area contributed by atoms with Gasteiger partial charge in [-0.05, 0) is 69.6 Å². The van der Waals surface area contributed by atoms with E-state index < -0.39 is 0 Å². The summed E-state index contributed by atoms with van der Waals surface area (Å²) in [6.45, 7) is 0.983. The molecule has 0 heterocycles. The average Bonchev–Trinajstić information content (AvgIpc) is 2.95. The Morgan fingerprint density at radius 1 is 0.872 bits per heavy atom. The van der Waals surface area contributed by atoms with E-state index in [4.69, 9.17) is 17.0 Å². The van der Waals surface area contributed by atoms with Crippen LogP contribution in [0.2, 0.25) is 0 Å². The number of amides is 2. The molecule has 0 unspecified atom stereocenters. The number of hydrogen-bond donors (Lipinski definition) is 2. The van der Waals surface area contributed by atoms with Crippen molar-refractivity contribution >= 4 is 50.8 Å². The fourth-order valence-electron chi connectivity index (χ4n) is 3.92. The summed E-state index contributed by atoms with van der Waals surface area (Å²) in [5.41, 5.74) is 3.59. The van der Waals surface area contributed by atoms with E-state index in [1.165, 1.54) is 5.56 Å². The van der Waals surface area contributed by atoms with Gasteiger partial charge in [0.25, 0.3) is 11.8 Å². The first kappa shape index (κ1) is 28.0. The molecule has 4 aromatic rings. The summed E-state index contributed by atoms with van der Waals surface area (Å²) < 4.78 is 6.54. The number of ether oxygens (including phenoxy) is 1. The number of rotatable bonds is 9. The lowest BCUT2D eigenvalue weighted by atomic mass is 10.1. The molecular formula is C31H28BrN3O3S. The Kier molecular flexibility index (Phi) is 9.83. The minimum atomic E-state index is -0.381. The Bertz CT molecular complexity index is 1450. The summed E-state index contributed by atoms with van der Waals surface area (Å²) in [5, 5.41) is 5.77. The van der Waals surface area contributed by atoms with Crippen molar-refractivity contribution in [2.45, 2.75) is 13.0 Å². The van der Waals surface area contributed by atoms with E-state index in [1.54, 1.807) is 54.4 Å². The third-order valence-corrected chi connectivity index (χ3v) is 6.75. The van der Waals surface area contributed by atoms with Gasteiger partial charge in [-0.2, -0.15) is 0 Å². The molecule has 0 aliphatic carbocycles. The molecule has 2 N–H and O–H groups in total. The van der Waals surface area contributed by atoms with Crippen LogP contribution in [0.4, 0.5) is 5.69 Å². The first-order valence-electron chi connectivity index (χ1n) is 12.4. The normalized spacial score (nSPS) is 10.4. The quantitative estimate of drug-likeness (QED) is 0.215. The zero-order valence-electron chi connectivity index (χ0n) is 21.4. The highest BCUT2D eigenvalue weighted by Gasteiger charge is 2.17. The number of halogens is 1. The van der Waals surface area contributed by atoms with Crippen LogP contribution in [0.15, 0.2) is 108 Å². The Labute approximate surface area is 242 Å². The molecule has 0 saturated carbocycles. The summed E-state index contributed by atoms with van der Waals surface area (Å²) >= 11 is 8.88. The van der Waals surface area contributed by atoms with Gasteiger partial charge >= 0.3 is 0 Å². The molecule has 39 heavy (non-hydrogen) atoms. The summed E-state index contributed by atoms with van der Waals surface area (Å²) in [6, 6.07) is 32.0. The van der Waals surface area contributed by atoms with Crippen molar-refractivity contribution < 1.29 is 14.3 Å². The second-order valence-electron chi connectivity index (χ2n) is 8.83. The van der Waals surface area contributed by atoms with E-state index in [2.05, 4.69) is 38.7 Å². The van der Waals surface area contributed by atoms with Crippen molar-refractivity contribution in [1.82, 2.24) is 10.2 Å². The number of anilines is 1. The molecule has 0 bridgehead atoms. The van der Waals surface area contributed by atoms with Crippen LogP contribution in [0.3, 0.4) is 0 Å². The average molecular weight is 603 g/mol. The third kappa shape index (κ3) is 7.99. The molecular weight excluding hydrogens is 574 g/mol. The summed E-state index contributed by atoms with van der Waals surface area (Å²) in [4.78, 5) is 27.7. The van der Waals surface area contributed by atoms with E-state index in [-0.39, 0.29) is 16.9 Å². The Morgan fingerprint density at radius 2 is 1.51 bits per heavy atom. The van der Waals surface area contributed by atoms with E-state index in [1.807, 2.05) is 48.5 Å². The van der Waals surface area contributed by atoms with E-state index in [9.17, 15) is 9.59 Å². The van der Waals surface area contributed by atoms with Crippen LogP contribution in [-0.4, -0.2) is 35.5 Å². The lowest BCUT2D eigenvalue weighted by molar-refractivity contribution is 0.0786. The number of carbonyl (C=O) groups is 2. The molecule has 4 aromatic carbocycles. The van der Waals surface area contributed by atoms with Crippen LogP contribution >= 0.6 is 28.1 Å². The maximum atomic E-state index is 13.2. The second-order valence-corrected chi connectivity index (χ2v) is 10.1. The maximum absolute atomic E-state index is 13.2. The highest BCUT2D eigenvalue weighted by Crippen LogP contribution is 2.26. The summed E-state index contributed by atoms with van der Waals surface area (Å²) in [6.07, 6.45) is 0.779. The molecule has 0 fully saturated rings. The van der Waals surface area contributed by atoms with Gasteiger partial charge in [-0.1, -0.05) is 72.8 Å². The molecule has 2 amide bonds. The number of hydrogen-bond acceptors (Lipinski definition) is 4. The monoisotopic (exact) mass is 601 g/mol. The number of nitrogens with zero attached hydrogens (tertiary/aromatic N) is 1. The molecule has 0 saturated heterocycles. The molecule has 4 rings (SSSR count). The molecule has 0 aliphatic heterocycles. The fraction of sp³-hybridized carbons (Fsp3) is 0.129. The van der Waals surface area contributed by atoms with Crippen molar-refractivity contribution in [3.63, 3.8) is 0 Å². The van der Waals surface area contributed by atoms with Gasteiger partial charge < -0.3 is 15.0 Å². The Balaban J connectivity index is 1.34. The van der Waals surface area contributed by atoms with Gasteiger partial charge in [0.05, 0.1) is 22.3 Å². The van der Waals surface area contributed by atoms with Crippen LogP contribution in [0, 0.1) is 0 Å². The van der Waals surface area contributed by atoms with Crippen molar-refractivity contribution in [2.24, 2.45) is 0 Å². The zero-order valence-corrected chi connectivity index (χ0v) is 23.8. The van der Waals surface area contributed by atoms with Gasteiger partial charge in [0, 0.05) is 25.6 Å². The van der Waals surface area contributed by atoms with Crippen molar-refractivity contribution in [2.75, 3.05) is 19.0 Å². The SMILES string of the molecule is CN(Cc1ccccc1)C(=O)c1ccccc1NC(=S)NC(=O)c1ccc(OCCc2ccccc2)c(Br)c1. The van der Waals surface area contributed by atoms with Crippen molar-refractivity contribution in [1.29, 1.82) is 0 Å². The number of para-hydroxylation sites is 1. The number of carbonyl (C=O) groups excluding carboxylic acids is 2. The molecule has 6 nitrogen and oxygen atoms in total. The standard InChI is InChI=1S/C31H28BrN3O3S/c1-35(21-23-12-6-3-7-13-23)30(37)25-14-8-9-15-27(25)33-31(39)34-29(36)24-16-17-28(26(32)20-24)38-19-18-22-10-4-2-5-11-22/h2-17,20H,18-19,21H2,1H3,(H2,33,34,36,39). The van der Waals surface area contributed by atoms with Crippen LogP contribution < -0.4 is 15.4 Å². The predicted octanol–water partition coefficient (Wildman–Crippen LogP) is 6.47. The van der Waals surface area contributed by atoms with Gasteiger partial charge in [0.15, 0.2) is 5.11 Å². The van der Waals surface area contributed by atoms with Crippen LogP contribution in [0.1, 0.15) is 31.8 Å². The minimum Gasteiger partial charge on any atom is -0.492 e. The highest BCUT2D eigenvalue weighted by molar-refractivity contribution is 9.10. The smallest absolute Gasteiger partial charge is 0.257 e. The molecule has 0 atom stereocenters. The lowest BCUT2D eigenvalue weighted by Crippen LogP contribution is -2.35. The molecule has 0 radical (unpaired) electrons. The van der Waals surface area contributed by atoms with Crippen LogP contribution in [-0.2, 0) is 13.0 Å². The van der Waals surface area contributed by atoms with Gasteiger partial charge in [-0.3, -0.25) is 14.9 Å². The van der Waals surface area contributed by atoms with E-state index >= 15 is 0 Å². The maximum Gasteiger partial charge on any atom is 0.257 e. The molecule has 198 valence electrons. The predicted molar refractivity (Wildman–Crippen MR) is 162 cm³/mol. The summed E-state index contributed by atoms with van der Waals surface area (Å²) in [5.74, 6) is 0.104. The minimum absolute atomic E-state index is 0.0882. The highest BCUT2D eigenvalue weighted by atomic mass is 79.9. The first-order chi connectivity index (χ1) is 18.9. The van der Waals surface area contributed by atoms with Gasteiger partial charge in [-0.15, -0.1) is 0 Å². The molecule has 8 heteroatoms. The Hall–Kier alpha value is -4.01. The fourth-order valence-corrected chi connectivity index (χ4v) is 4.62. The molecule has 0 spiro atoms. The van der Waals surface area contributed by atoms with Crippen molar-refractivity contribution in [3.8, 4) is 5.75 Å². The number of nitrogens with one attached hydrogen (secondary N) is 2. The second kappa shape index (κ2) is 13.7. The third-order valence-electron chi connectivity index (χ3n) is 5.93. The Morgan fingerprint density at radius 3 is 2.21 bits per heavy atom. The first-order valence-corrected chi connectivity index (χ1v) is 13.6. The number of benzene rings is 4.